The van der Waals surface area contributed by atoms with E-state index in [0.717, 1.165) is 37.8 Å². The Balaban J connectivity index is 0.00000484. The van der Waals surface area contributed by atoms with Crippen molar-refractivity contribution in [3.8, 4) is 5.75 Å². The Kier molecular flexibility index (Phi) is 11.4. The third-order valence-electron chi connectivity index (χ3n) is 3.16. The van der Waals surface area contributed by atoms with Crippen LogP contribution in [-0.2, 0) is 14.9 Å². The first-order valence-corrected chi connectivity index (χ1v) is 9.15. The third kappa shape index (κ3) is 9.08. The Labute approximate surface area is 164 Å². The molecule has 0 heterocycles. The van der Waals surface area contributed by atoms with Crippen LogP contribution < -0.4 is 4.74 Å². The number of hydrogen-bond donors (Lipinski definition) is 1. The van der Waals surface area contributed by atoms with Gasteiger partial charge < -0.3 is 4.74 Å². The summed E-state index contributed by atoms with van der Waals surface area (Å²) in [4.78, 5) is 11.5. The third-order valence-corrected chi connectivity index (χ3v) is 4.42. The second-order valence-electron chi connectivity index (χ2n) is 5.04. The second kappa shape index (κ2) is 11.4. The molecule has 0 fully saturated rings. The summed E-state index contributed by atoms with van der Waals surface area (Å²) >= 11 is 5.99. The first-order chi connectivity index (χ1) is 10.3. The standard InChI is InChI=1S/C15H21ClO5S.Na.H/c1-2-3-4-5-6-7-14(16)15(17)21-12-8-10-13(11-9-12)22(18,19)20;;/h8-11,14H,2-7H2,1H3,(H,18,19,20);;. The molecule has 0 aliphatic heterocycles. The average molecular weight is 373 g/mol. The number of rotatable bonds is 9. The fourth-order valence-electron chi connectivity index (χ4n) is 1.90. The summed E-state index contributed by atoms with van der Waals surface area (Å²) < 4.78 is 35.7. The fourth-order valence-corrected chi connectivity index (χ4v) is 2.58. The van der Waals surface area contributed by atoms with Gasteiger partial charge in [0.05, 0.1) is 4.90 Å². The molecule has 0 saturated heterocycles. The molecule has 0 saturated carbocycles. The van der Waals surface area contributed by atoms with E-state index in [1.54, 1.807) is 0 Å². The van der Waals surface area contributed by atoms with Gasteiger partial charge in [-0.15, -0.1) is 11.6 Å². The van der Waals surface area contributed by atoms with Crippen molar-refractivity contribution in [2.24, 2.45) is 0 Å². The quantitative estimate of drug-likeness (QED) is 0.180. The predicted octanol–water partition coefficient (Wildman–Crippen LogP) is 3.16. The van der Waals surface area contributed by atoms with E-state index in [4.69, 9.17) is 20.9 Å². The summed E-state index contributed by atoms with van der Waals surface area (Å²) in [5.74, 6) is -0.370. The summed E-state index contributed by atoms with van der Waals surface area (Å²) in [6.07, 6.45) is 5.92. The normalized spacial score (nSPS) is 12.3. The molecule has 0 amide bonds. The van der Waals surface area contributed by atoms with E-state index in [1.807, 2.05) is 0 Å². The molecule has 5 nitrogen and oxygen atoms in total. The molecule has 1 aromatic carbocycles. The van der Waals surface area contributed by atoms with Gasteiger partial charge in [0.25, 0.3) is 10.1 Å². The van der Waals surface area contributed by atoms with Gasteiger partial charge >= 0.3 is 35.5 Å². The maximum absolute atomic E-state index is 11.8. The van der Waals surface area contributed by atoms with Gasteiger partial charge in [-0.3, -0.25) is 9.35 Å². The summed E-state index contributed by atoms with van der Waals surface area (Å²) in [6, 6.07) is 4.91. The van der Waals surface area contributed by atoms with Crippen LogP contribution in [0, 0.1) is 0 Å². The number of carbonyl (C=O) groups excluding carboxylic acids is 1. The van der Waals surface area contributed by atoms with Crippen LogP contribution in [0.5, 0.6) is 5.75 Å². The van der Waals surface area contributed by atoms with Gasteiger partial charge in [-0.05, 0) is 30.7 Å². The molecule has 0 aromatic heterocycles. The molecule has 1 rings (SSSR count). The number of ether oxygens (including phenoxy) is 1. The molecule has 23 heavy (non-hydrogen) atoms. The summed E-state index contributed by atoms with van der Waals surface area (Å²) in [7, 11) is -4.25. The predicted molar refractivity (Wildman–Crippen MR) is 92.1 cm³/mol. The van der Waals surface area contributed by atoms with Crippen LogP contribution in [0.2, 0.25) is 0 Å². The summed E-state index contributed by atoms with van der Waals surface area (Å²) in [5.41, 5.74) is 0. The number of alkyl halides is 1. The number of unbranched alkanes of at least 4 members (excludes halogenated alkanes) is 4. The van der Waals surface area contributed by atoms with Gasteiger partial charge in [-0.25, -0.2) is 0 Å². The summed E-state index contributed by atoms with van der Waals surface area (Å²) in [5, 5.41) is -0.720. The Morgan fingerprint density at radius 2 is 1.74 bits per heavy atom. The van der Waals surface area contributed by atoms with Gasteiger partial charge in [-0.2, -0.15) is 8.42 Å². The monoisotopic (exact) mass is 372 g/mol. The van der Waals surface area contributed by atoms with Crippen molar-refractivity contribution in [2.75, 3.05) is 0 Å². The molecular weight excluding hydrogens is 351 g/mol. The van der Waals surface area contributed by atoms with E-state index < -0.39 is 21.5 Å². The van der Waals surface area contributed by atoms with Crippen molar-refractivity contribution in [1.82, 2.24) is 0 Å². The first-order valence-electron chi connectivity index (χ1n) is 7.28. The number of carbonyl (C=O) groups is 1. The van der Waals surface area contributed by atoms with Crippen LogP contribution in [0.4, 0.5) is 0 Å². The van der Waals surface area contributed by atoms with Gasteiger partial charge in [0, 0.05) is 0 Å². The van der Waals surface area contributed by atoms with Gasteiger partial charge in [0.15, 0.2) is 0 Å². The van der Waals surface area contributed by atoms with E-state index in [2.05, 4.69) is 6.92 Å². The molecule has 126 valence electrons. The minimum absolute atomic E-state index is 0. The zero-order chi connectivity index (χ0) is 16.6. The molecule has 0 bridgehead atoms. The Hall–Kier alpha value is -0.110. The van der Waals surface area contributed by atoms with Crippen LogP contribution in [0.1, 0.15) is 45.4 Å². The van der Waals surface area contributed by atoms with Crippen molar-refractivity contribution >= 4 is 57.2 Å². The zero-order valence-corrected chi connectivity index (χ0v) is 14.1. The molecule has 1 aromatic rings. The molecule has 0 radical (unpaired) electrons. The zero-order valence-electron chi connectivity index (χ0n) is 12.5. The number of esters is 1. The van der Waals surface area contributed by atoms with Gasteiger partial charge in [-0.1, -0.05) is 39.0 Å². The number of benzene rings is 1. The molecule has 0 spiro atoms. The van der Waals surface area contributed by atoms with Crippen LogP contribution >= 0.6 is 11.6 Å². The molecule has 1 N–H and O–H groups in total. The van der Waals surface area contributed by atoms with Crippen LogP contribution in [0.3, 0.4) is 0 Å². The van der Waals surface area contributed by atoms with Crippen molar-refractivity contribution in [3.63, 3.8) is 0 Å². The number of hydrogen-bond acceptors (Lipinski definition) is 4. The van der Waals surface area contributed by atoms with Crippen molar-refractivity contribution in [3.05, 3.63) is 24.3 Å². The van der Waals surface area contributed by atoms with Crippen molar-refractivity contribution in [1.29, 1.82) is 0 Å². The molecule has 0 aliphatic carbocycles. The van der Waals surface area contributed by atoms with Crippen molar-refractivity contribution in [2.45, 2.75) is 55.7 Å². The fraction of sp³-hybridized carbons (Fsp3) is 0.533. The Morgan fingerprint density at radius 1 is 1.17 bits per heavy atom. The van der Waals surface area contributed by atoms with Crippen LogP contribution in [0.25, 0.3) is 0 Å². The van der Waals surface area contributed by atoms with Crippen LogP contribution in [-0.4, -0.2) is 53.9 Å². The Bertz CT molecular complexity index is 574. The van der Waals surface area contributed by atoms with E-state index in [0.29, 0.717) is 6.42 Å². The van der Waals surface area contributed by atoms with E-state index in [9.17, 15) is 13.2 Å². The molecule has 8 heteroatoms. The first kappa shape index (κ1) is 22.9. The van der Waals surface area contributed by atoms with Crippen LogP contribution in [0.15, 0.2) is 29.2 Å². The van der Waals surface area contributed by atoms with Crippen molar-refractivity contribution < 1.29 is 22.5 Å². The van der Waals surface area contributed by atoms with Gasteiger partial charge in [0.2, 0.25) is 0 Å². The summed E-state index contributed by atoms with van der Waals surface area (Å²) in [6.45, 7) is 2.13. The number of halogens is 1. The molecule has 1 atom stereocenters. The van der Waals surface area contributed by atoms with E-state index in [1.165, 1.54) is 18.6 Å². The average Bonchev–Trinajstić information content (AvgIpc) is 2.46. The maximum atomic E-state index is 11.8. The van der Waals surface area contributed by atoms with Gasteiger partial charge in [0.1, 0.15) is 11.1 Å². The molecular formula is C15H22ClNaO5S. The van der Waals surface area contributed by atoms with E-state index >= 15 is 0 Å². The minimum atomic E-state index is -4.25. The van der Waals surface area contributed by atoms with E-state index in [-0.39, 0.29) is 40.2 Å². The Morgan fingerprint density at radius 3 is 2.26 bits per heavy atom. The molecule has 0 aliphatic rings. The SMILES string of the molecule is CCCCCCCC(Cl)C(=O)Oc1ccc(S(=O)(=O)O)cc1.[NaH]. The molecule has 1 unspecified atom stereocenters. The topological polar surface area (TPSA) is 80.7 Å². The second-order valence-corrected chi connectivity index (χ2v) is 6.99.